The van der Waals surface area contributed by atoms with Gasteiger partial charge in [0.2, 0.25) is 0 Å². The van der Waals surface area contributed by atoms with Gasteiger partial charge in [-0.15, -0.1) is 0 Å². The van der Waals surface area contributed by atoms with Gasteiger partial charge in [-0.25, -0.2) is 0 Å². The molecule has 0 amide bonds. The highest BCUT2D eigenvalue weighted by atomic mass is 79.9. The zero-order valence-electron chi connectivity index (χ0n) is 5.93. The van der Waals surface area contributed by atoms with Crippen molar-refractivity contribution in [2.45, 2.75) is 4.83 Å². The van der Waals surface area contributed by atoms with E-state index in [2.05, 4.69) is 31.9 Å². The molecular formula is C8H5Br2ClO. The van der Waals surface area contributed by atoms with Crippen molar-refractivity contribution in [1.82, 2.24) is 0 Å². The van der Waals surface area contributed by atoms with Crippen LogP contribution in [0.15, 0.2) is 22.7 Å². The second kappa shape index (κ2) is 4.40. The highest BCUT2D eigenvalue weighted by molar-refractivity contribution is 9.10. The van der Waals surface area contributed by atoms with Gasteiger partial charge in [-0.1, -0.05) is 33.6 Å². The molecule has 1 rings (SSSR count). The van der Waals surface area contributed by atoms with Gasteiger partial charge in [0.25, 0.3) is 0 Å². The van der Waals surface area contributed by atoms with E-state index >= 15 is 0 Å². The summed E-state index contributed by atoms with van der Waals surface area (Å²) in [7, 11) is 0. The second-order valence-electron chi connectivity index (χ2n) is 2.21. The van der Waals surface area contributed by atoms with E-state index in [4.69, 9.17) is 11.6 Å². The van der Waals surface area contributed by atoms with E-state index in [1.807, 2.05) is 6.07 Å². The average molecular weight is 312 g/mol. The molecule has 1 atom stereocenters. The number of hydrogen-bond donors (Lipinski definition) is 0. The third-order valence-electron chi connectivity index (χ3n) is 1.38. The Morgan fingerprint density at radius 3 is 2.67 bits per heavy atom. The molecule has 4 heteroatoms. The van der Waals surface area contributed by atoms with E-state index in [-0.39, 0.29) is 4.83 Å². The molecule has 0 aliphatic heterocycles. The van der Waals surface area contributed by atoms with Crippen molar-refractivity contribution in [3.05, 3.63) is 33.3 Å². The zero-order chi connectivity index (χ0) is 9.14. The molecule has 64 valence electrons. The molecule has 1 aromatic rings. The summed E-state index contributed by atoms with van der Waals surface area (Å²) in [5.74, 6) is 0. The quantitative estimate of drug-likeness (QED) is 0.600. The molecule has 0 saturated heterocycles. The van der Waals surface area contributed by atoms with Crippen LogP contribution < -0.4 is 0 Å². The Morgan fingerprint density at radius 2 is 2.17 bits per heavy atom. The van der Waals surface area contributed by atoms with Crippen molar-refractivity contribution in [3.8, 4) is 0 Å². The van der Waals surface area contributed by atoms with Gasteiger partial charge in [-0.2, -0.15) is 0 Å². The van der Waals surface area contributed by atoms with Crippen LogP contribution in [0.25, 0.3) is 0 Å². The lowest BCUT2D eigenvalue weighted by molar-refractivity contribution is -0.107. The minimum absolute atomic E-state index is 0.258. The van der Waals surface area contributed by atoms with E-state index in [0.717, 1.165) is 16.3 Å². The Hall–Kier alpha value is 0.140. The van der Waals surface area contributed by atoms with Crippen molar-refractivity contribution in [1.29, 1.82) is 0 Å². The van der Waals surface area contributed by atoms with Crippen molar-refractivity contribution in [3.63, 3.8) is 0 Å². The predicted molar refractivity (Wildman–Crippen MR) is 56.9 cm³/mol. The molecule has 0 radical (unpaired) electrons. The summed E-state index contributed by atoms with van der Waals surface area (Å²) in [4.78, 5) is 10.1. The molecule has 0 heterocycles. The van der Waals surface area contributed by atoms with Crippen LogP contribution >= 0.6 is 43.5 Å². The SMILES string of the molecule is O=C[C@@H](Br)c1ccc(Cl)c(Br)c1. The summed E-state index contributed by atoms with van der Waals surface area (Å²) in [5.41, 5.74) is 0.890. The monoisotopic (exact) mass is 310 g/mol. The van der Waals surface area contributed by atoms with Gasteiger partial charge in [-0.3, -0.25) is 0 Å². The first-order chi connectivity index (χ1) is 5.65. The highest BCUT2D eigenvalue weighted by Gasteiger charge is 2.06. The number of halogens is 3. The summed E-state index contributed by atoms with van der Waals surface area (Å²) >= 11 is 12.3. The number of hydrogen-bond acceptors (Lipinski definition) is 1. The minimum Gasteiger partial charge on any atom is -0.302 e. The normalized spacial score (nSPS) is 12.6. The van der Waals surface area contributed by atoms with Crippen molar-refractivity contribution in [2.75, 3.05) is 0 Å². The lowest BCUT2D eigenvalue weighted by atomic mass is 10.2. The average Bonchev–Trinajstić information content (AvgIpc) is 2.08. The maximum atomic E-state index is 10.4. The van der Waals surface area contributed by atoms with Gasteiger partial charge in [-0.05, 0) is 33.6 Å². The highest BCUT2D eigenvalue weighted by Crippen LogP contribution is 2.28. The van der Waals surface area contributed by atoms with E-state index < -0.39 is 0 Å². The van der Waals surface area contributed by atoms with Gasteiger partial charge in [0, 0.05) is 4.47 Å². The standard InChI is InChI=1S/C8H5Br2ClO/c9-6-3-5(7(10)4-12)1-2-8(6)11/h1-4,7H/t7-/m1/s1. The van der Waals surface area contributed by atoms with Gasteiger partial charge < -0.3 is 4.79 Å². The largest absolute Gasteiger partial charge is 0.302 e. The molecule has 0 unspecified atom stereocenters. The maximum Gasteiger partial charge on any atom is 0.138 e. The van der Waals surface area contributed by atoms with Gasteiger partial charge in [0.1, 0.15) is 6.29 Å². The Balaban J connectivity index is 3.04. The molecule has 0 spiro atoms. The summed E-state index contributed by atoms with van der Waals surface area (Å²) in [6.45, 7) is 0. The fourth-order valence-corrected chi connectivity index (χ4v) is 1.56. The number of rotatable bonds is 2. The molecule has 0 aliphatic carbocycles. The molecule has 0 bridgehead atoms. The zero-order valence-corrected chi connectivity index (χ0v) is 9.86. The van der Waals surface area contributed by atoms with Crippen LogP contribution in [0, 0.1) is 0 Å². The van der Waals surface area contributed by atoms with Gasteiger partial charge in [0.15, 0.2) is 0 Å². The molecule has 1 aromatic carbocycles. The van der Waals surface area contributed by atoms with Crippen LogP contribution in [-0.2, 0) is 4.79 Å². The van der Waals surface area contributed by atoms with Gasteiger partial charge in [0.05, 0.1) is 9.85 Å². The van der Waals surface area contributed by atoms with Crippen LogP contribution in [0.1, 0.15) is 10.4 Å². The fraction of sp³-hybridized carbons (Fsp3) is 0.125. The van der Waals surface area contributed by atoms with Crippen LogP contribution in [-0.4, -0.2) is 6.29 Å². The lowest BCUT2D eigenvalue weighted by Crippen LogP contribution is -1.89. The van der Waals surface area contributed by atoms with Crippen LogP contribution in [0.5, 0.6) is 0 Å². The molecule has 0 aromatic heterocycles. The first-order valence-corrected chi connectivity index (χ1v) is 5.28. The van der Waals surface area contributed by atoms with Crippen molar-refractivity contribution < 1.29 is 4.79 Å². The van der Waals surface area contributed by atoms with Gasteiger partial charge >= 0.3 is 0 Å². The number of carbonyl (C=O) groups excluding carboxylic acids is 1. The van der Waals surface area contributed by atoms with Crippen molar-refractivity contribution in [2.24, 2.45) is 0 Å². The molecular weight excluding hydrogens is 307 g/mol. The number of carbonyl (C=O) groups is 1. The third-order valence-corrected chi connectivity index (χ3v) is 3.34. The Morgan fingerprint density at radius 1 is 1.50 bits per heavy atom. The molecule has 0 N–H and O–H groups in total. The second-order valence-corrected chi connectivity index (χ2v) is 4.46. The first kappa shape index (κ1) is 10.2. The molecule has 0 fully saturated rings. The van der Waals surface area contributed by atoms with E-state index in [1.165, 1.54) is 0 Å². The van der Waals surface area contributed by atoms with Crippen LogP contribution in [0.2, 0.25) is 5.02 Å². The Bertz CT molecular complexity index is 301. The number of benzene rings is 1. The summed E-state index contributed by atoms with van der Waals surface area (Å²) in [6, 6.07) is 5.37. The topological polar surface area (TPSA) is 17.1 Å². The third kappa shape index (κ3) is 2.31. The van der Waals surface area contributed by atoms with Crippen LogP contribution in [0.4, 0.5) is 0 Å². The molecule has 0 saturated carbocycles. The Kier molecular flexibility index (Phi) is 3.75. The minimum atomic E-state index is -0.258. The number of aldehydes is 1. The van der Waals surface area contributed by atoms with E-state index in [9.17, 15) is 4.79 Å². The molecule has 12 heavy (non-hydrogen) atoms. The van der Waals surface area contributed by atoms with Crippen molar-refractivity contribution >= 4 is 49.7 Å². The molecule has 1 nitrogen and oxygen atoms in total. The fourth-order valence-electron chi connectivity index (χ4n) is 0.762. The lowest BCUT2D eigenvalue weighted by Gasteiger charge is -2.03. The first-order valence-electron chi connectivity index (χ1n) is 3.19. The summed E-state index contributed by atoms with van der Waals surface area (Å²) in [5, 5.41) is 0.643. The van der Waals surface area contributed by atoms with E-state index in [1.54, 1.807) is 12.1 Å². The maximum absolute atomic E-state index is 10.4. The predicted octanol–water partition coefficient (Wildman–Crippen LogP) is 3.74. The summed E-state index contributed by atoms with van der Waals surface area (Å²) < 4.78 is 0.799. The van der Waals surface area contributed by atoms with Crippen LogP contribution in [0.3, 0.4) is 0 Å². The molecule has 0 aliphatic rings. The number of alkyl halides is 1. The smallest absolute Gasteiger partial charge is 0.138 e. The van der Waals surface area contributed by atoms with E-state index in [0.29, 0.717) is 5.02 Å². The Labute approximate surface area is 92.4 Å². The summed E-state index contributed by atoms with van der Waals surface area (Å²) in [6.07, 6.45) is 0.829.